The van der Waals surface area contributed by atoms with E-state index in [2.05, 4.69) is 6.92 Å². The van der Waals surface area contributed by atoms with Crippen molar-refractivity contribution in [1.82, 2.24) is 0 Å². The summed E-state index contributed by atoms with van der Waals surface area (Å²) in [5, 5.41) is 17.8. The summed E-state index contributed by atoms with van der Waals surface area (Å²) in [6, 6.07) is 0. The van der Waals surface area contributed by atoms with Gasteiger partial charge >= 0.3 is 0 Å². The molecule has 0 heterocycles. The average molecular weight is 186 g/mol. The second-order valence-corrected chi connectivity index (χ2v) is 3.38. The fourth-order valence-electron chi connectivity index (χ4n) is 1.27. The molecule has 0 aliphatic heterocycles. The number of unbranched alkanes of at least 4 members (excludes halogenated alkanes) is 4. The van der Waals surface area contributed by atoms with Crippen molar-refractivity contribution in [3.63, 3.8) is 0 Å². The van der Waals surface area contributed by atoms with E-state index in [1.807, 2.05) is 0 Å². The highest BCUT2D eigenvalue weighted by Gasteiger charge is 1.97. The average Bonchev–Trinajstić information content (AvgIpc) is 2.14. The summed E-state index contributed by atoms with van der Waals surface area (Å²) in [4.78, 5) is 0. The lowest BCUT2D eigenvalue weighted by molar-refractivity contribution is 0.206. The van der Waals surface area contributed by atoms with Crippen LogP contribution >= 0.6 is 0 Å². The molecule has 2 N–H and O–H groups in total. The standard InChI is InChI=1S/C11H22O2/c1-2-3-4-5-6-8-11(13)9-7-10-12/h7,9,11-13H,2-6,8,10H2,1H3. The molecule has 2 heteroatoms. The number of hydrogen-bond acceptors (Lipinski definition) is 2. The molecule has 0 aliphatic carbocycles. The molecule has 1 unspecified atom stereocenters. The van der Waals surface area contributed by atoms with Gasteiger partial charge < -0.3 is 10.2 Å². The van der Waals surface area contributed by atoms with Crippen molar-refractivity contribution in [3.8, 4) is 0 Å². The number of rotatable bonds is 8. The summed E-state index contributed by atoms with van der Waals surface area (Å²) >= 11 is 0. The van der Waals surface area contributed by atoms with Crippen molar-refractivity contribution in [2.45, 2.75) is 51.6 Å². The summed E-state index contributed by atoms with van der Waals surface area (Å²) in [5.41, 5.74) is 0. The molecule has 0 fully saturated rings. The first kappa shape index (κ1) is 12.7. The zero-order valence-electron chi connectivity index (χ0n) is 8.58. The van der Waals surface area contributed by atoms with E-state index in [0.717, 1.165) is 12.8 Å². The molecule has 78 valence electrons. The van der Waals surface area contributed by atoms with Gasteiger partial charge in [0.15, 0.2) is 0 Å². The molecule has 0 saturated heterocycles. The van der Waals surface area contributed by atoms with E-state index < -0.39 is 0 Å². The summed E-state index contributed by atoms with van der Waals surface area (Å²) in [6.45, 7) is 2.21. The third-order valence-corrected chi connectivity index (χ3v) is 2.07. The van der Waals surface area contributed by atoms with Gasteiger partial charge in [0.1, 0.15) is 0 Å². The third-order valence-electron chi connectivity index (χ3n) is 2.07. The monoisotopic (exact) mass is 186 g/mol. The predicted octanol–water partition coefficient (Wildman–Crippen LogP) is 2.26. The Balaban J connectivity index is 3.16. The largest absolute Gasteiger partial charge is 0.392 e. The Morgan fingerprint density at radius 2 is 1.85 bits per heavy atom. The van der Waals surface area contributed by atoms with E-state index in [-0.39, 0.29) is 12.7 Å². The Bertz CT molecular complexity index is 121. The van der Waals surface area contributed by atoms with Gasteiger partial charge in [0.2, 0.25) is 0 Å². The Morgan fingerprint density at radius 3 is 2.46 bits per heavy atom. The van der Waals surface area contributed by atoms with Crippen molar-refractivity contribution in [1.29, 1.82) is 0 Å². The normalized spacial score (nSPS) is 13.8. The first-order valence-corrected chi connectivity index (χ1v) is 5.26. The Morgan fingerprint density at radius 1 is 1.15 bits per heavy atom. The van der Waals surface area contributed by atoms with Gasteiger partial charge in [-0.05, 0) is 6.42 Å². The van der Waals surface area contributed by atoms with Crippen molar-refractivity contribution in [3.05, 3.63) is 12.2 Å². The minimum Gasteiger partial charge on any atom is -0.392 e. The van der Waals surface area contributed by atoms with Crippen LogP contribution in [0.2, 0.25) is 0 Å². The van der Waals surface area contributed by atoms with Crippen LogP contribution in [-0.2, 0) is 0 Å². The van der Waals surface area contributed by atoms with Crippen LogP contribution in [0.4, 0.5) is 0 Å². The van der Waals surface area contributed by atoms with E-state index in [1.54, 1.807) is 12.2 Å². The van der Waals surface area contributed by atoms with E-state index in [0.29, 0.717) is 0 Å². The maximum atomic E-state index is 9.34. The molecule has 0 radical (unpaired) electrons. The van der Waals surface area contributed by atoms with Crippen molar-refractivity contribution in [2.24, 2.45) is 0 Å². The molecule has 0 amide bonds. The van der Waals surface area contributed by atoms with E-state index in [1.165, 1.54) is 25.7 Å². The summed E-state index contributed by atoms with van der Waals surface area (Å²) < 4.78 is 0. The van der Waals surface area contributed by atoms with Crippen LogP contribution in [0, 0.1) is 0 Å². The lowest BCUT2D eigenvalue weighted by Gasteiger charge is -2.04. The third kappa shape index (κ3) is 9.57. The highest BCUT2D eigenvalue weighted by atomic mass is 16.3. The van der Waals surface area contributed by atoms with Crippen molar-refractivity contribution < 1.29 is 10.2 Å². The van der Waals surface area contributed by atoms with Crippen LogP contribution in [-0.4, -0.2) is 22.9 Å². The number of hydrogen-bond donors (Lipinski definition) is 2. The highest BCUT2D eigenvalue weighted by molar-refractivity contribution is 4.87. The molecule has 0 aromatic heterocycles. The molecule has 0 saturated carbocycles. The van der Waals surface area contributed by atoms with Gasteiger partial charge in [-0.2, -0.15) is 0 Å². The lowest BCUT2D eigenvalue weighted by Crippen LogP contribution is -2.01. The highest BCUT2D eigenvalue weighted by Crippen LogP contribution is 2.07. The van der Waals surface area contributed by atoms with Crippen LogP contribution in [0.1, 0.15) is 45.4 Å². The Labute approximate surface area is 81.3 Å². The first-order chi connectivity index (χ1) is 6.31. The molecular formula is C11H22O2. The van der Waals surface area contributed by atoms with Gasteiger partial charge in [0.25, 0.3) is 0 Å². The van der Waals surface area contributed by atoms with Gasteiger partial charge in [0.05, 0.1) is 12.7 Å². The molecule has 0 aromatic carbocycles. The summed E-state index contributed by atoms with van der Waals surface area (Å²) in [5.74, 6) is 0. The zero-order valence-corrected chi connectivity index (χ0v) is 8.58. The fourth-order valence-corrected chi connectivity index (χ4v) is 1.27. The zero-order chi connectivity index (χ0) is 9.94. The number of aliphatic hydroxyl groups is 2. The Kier molecular flexibility index (Phi) is 9.49. The van der Waals surface area contributed by atoms with E-state index in [4.69, 9.17) is 5.11 Å². The lowest BCUT2D eigenvalue weighted by atomic mass is 10.1. The molecule has 0 rings (SSSR count). The smallest absolute Gasteiger partial charge is 0.0721 e. The van der Waals surface area contributed by atoms with Gasteiger partial charge in [-0.25, -0.2) is 0 Å². The summed E-state index contributed by atoms with van der Waals surface area (Å²) in [7, 11) is 0. The van der Waals surface area contributed by atoms with Gasteiger partial charge in [0, 0.05) is 0 Å². The second-order valence-electron chi connectivity index (χ2n) is 3.38. The van der Waals surface area contributed by atoms with Crippen LogP contribution in [0.5, 0.6) is 0 Å². The Hall–Kier alpha value is -0.340. The van der Waals surface area contributed by atoms with Crippen LogP contribution in [0.15, 0.2) is 12.2 Å². The fraction of sp³-hybridized carbons (Fsp3) is 0.818. The second kappa shape index (κ2) is 9.75. The van der Waals surface area contributed by atoms with Crippen LogP contribution in [0.25, 0.3) is 0 Å². The molecule has 0 bridgehead atoms. The molecule has 0 aliphatic rings. The SMILES string of the molecule is CCCCCCCC(O)C=CCO. The summed E-state index contributed by atoms with van der Waals surface area (Å²) in [6.07, 6.45) is 9.82. The minimum absolute atomic E-state index is 0.0207. The van der Waals surface area contributed by atoms with E-state index in [9.17, 15) is 5.11 Å². The van der Waals surface area contributed by atoms with Gasteiger partial charge in [-0.1, -0.05) is 51.2 Å². The van der Waals surface area contributed by atoms with E-state index >= 15 is 0 Å². The molecule has 2 nitrogen and oxygen atoms in total. The minimum atomic E-state index is -0.367. The quantitative estimate of drug-likeness (QED) is 0.451. The molecule has 13 heavy (non-hydrogen) atoms. The maximum absolute atomic E-state index is 9.34. The van der Waals surface area contributed by atoms with Gasteiger partial charge in [-0.15, -0.1) is 0 Å². The van der Waals surface area contributed by atoms with Crippen LogP contribution in [0.3, 0.4) is 0 Å². The van der Waals surface area contributed by atoms with Gasteiger partial charge in [-0.3, -0.25) is 0 Å². The topological polar surface area (TPSA) is 40.5 Å². The molecule has 0 aromatic rings. The maximum Gasteiger partial charge on any atom is 0.0721 e. The molecular weight excluding hydrogens is 164 g/mol. The molecule has 0 spiro atoms. The van der Waals surface area contributed by atoms with Crippen molar-refractivity contribution >= 4 is 0 Å². The number of aliphatic hydroxyl groups excluding tert-OH is 2. The van der Waals surface area contributed by atoms with Crippen molar-refractivity contribution in [2.75, 3.05) is 6.61 Å². The predicted molar refractivity (Wildman–Crippen MR) is 55.6 cm³/mol. The first-order valence-electron chi connectivity index (χ1n) is 5.26. The van der Waals surface area contributed by atoms with Crippen LogP contribution < -0.4 is 0 Å². The molecule has 1 atom stereocenters.